The fraction of sp³-hybridized carbons (Fsp3) is 0.295. The first-order valence-electron chi connectivity index (χ1n) is 23.8. The summed E-state index contributed by atoms with van der Waals surface area (Å²) in [7, 11) is 2.36. The molecule has 6 heteroatoms. The number of hydrogen-bond acceptors (Lipinski definition) is 3. The Morgan fingerprint density at radius 1 is 0.463 bits per heavy atom. The minimum absolute atomic E-state index is 0.0560. The van der Waals surface area contributed by atoms with Gasteiger partial charge in [0, 0.05) is 44.2 Å². The number of hydrogen-bond donors (Lipinski definition) is 0. The van der Waals surface area contributed by atoms with E-state index in [1.54, 1.807) is 14.2 Å². The molecule has 7 aromatic carbocycles. The number of methoxy groups -OCH3 is 2. The Hall–Kier alpha value is -4.80. The van der Waals surface area contributed by atoms with Gasteiger partial charge in [-0.15, -0.1) is 0 Å². The smallest absolute Gasteiger partial charge is 0.134 e. The van der Waals surface area contributed by atoms with Gasteiger partial charge in [0.25, 0.3) is 0 Å². The molecule has 1 saturated heterocycles. The maximum absolute atomic E-state index is 14.5. The van der Waals surface area contributed by atoms with Crippen molar-refractivity contribution in [2.75, 3.05) is 14.2 Å². The standard InChI is InChI=1S/C61H63Br2O3P/c1-36(2)49-30-40(43-20-13-17-28-55(43)65-9)31-50(37(3)4)59(49)47-24-19-25-48(60-51(38(5)6)32-41(33-52(60)39(7)8)44-21-14-18-29-56(44)66-10)61(47)67-57(45-22-11-15-26-53(45)62)34-42(64)35-58(67)46-23-12-16-27-54(46)63/h11-33,36-39,57-58H,34-35H2,1-10H3. The Bertz CT molecular complexity index is 2680. The van der Waals surface area contributed by atoms with Gasteiger partial charge in [-0.2, -0.15) is 0 Å². The van der Waals surface area contributed by atoms with Crippen molar-refractivity contribution in [2.24, 2.45) is 0 Å². The molecule has 2 unspecified atom stereocenters. The highest BCUT2D eigenvalue weighted by atomic mass is 79.9. The lowest BCUT2D eigenvalue weighted by Crippen LogP contribution is -2.27. The largest absolute Gasteiger partial charge is 0.496 e. The number of benzene rings is 7. The number of rotatable bonds is 13. The highest BCUT2D eigenvalue weighted by molar-refractivity contribution is 9.10. The fourth-order valence-corrected chi connectivity index (χ4v) is 15.7. The van der Waals surface area contributed by atoms with Gasteiger partial charge in [0.2, 0.25) is 0 Å². The molecule has 0 saturated carbocycles. The minimum Gasteiger partial charge on any atom is -0.496 e. The molecule has 7 aromatic rings. The van der Waals surface area contributed by atoms with Gasteiger partial charge in [-0.05, 0) is 120 Å². The average Bonchev–Trinajstić information content (AvgIpc) is 3.32. The van der Waals surface area contributed by atoms with E-state index in [2.05, 4.69) is 215 Å². The first-order valence-corrected chi connectivity index (χ1v) is 26.9. The summed E-state index contributed by atoms with van der Waals surface area (Å²) in [6.45, 7) is 18.7. The van der Waals surface area contributed by atoms with E-state index in [9.17, 15) is 4.79 Å². The molecule has 2 atom stereocenters. The third-order valence-corrected chi connectivity index (χ3v) is 18.3. The summed E-state index contributed by atoms with van der Waals surface area (Å²) in [6.07, 6.45) is 0.954. The Morgan fingerprint density at radius 3 is 1.13 bits per heavy atom. The fourth-order valence-electron chi connectivity index (χ4n) is 10.4. The Labute approximate surface area is 417 Å². The van der Waals surface area contributed by atoms with Gasteiger partial charge in [0.05, 0.1) is 14.2 Å². The summed E-state index contributed by atoms with van der Waals surface area (Å²) in [4.78, 5) is 14.5. The predicted molar refractivity (Wildman–Crippen MR) is 292 cm³/mol. The Kier molecular flexibility index (Phi) is 15.1. The maximum atomic E-state index is 14.5. The van der Waals surface area contributed by atoms with Gasteiger partial charge in [-0.25, -0.2) is 0 Å². The first-order chi connectivity index (χ1) is 32.2. The summed E-state index contributed by atoms with van der Waals surface area (Å²) in [5, 5.41) is 1.37. The molecule has 344 valence electrons. The van der Waals surface area contributed by atoms with Crippen LogP contribution in [0.3, 0.4) is 0 Å². The highest BCUT2D eigenvalue weighted by Crippen LogP contribution is 2.69. The lowest BCUT2D eigenvalue weighted by atomic mass is 9.79. The van der Waals surface area contributed by atoms with E-state index >= 15 is 0 Å². The van der Waals surface area contributed by atoms with Gasteiger partial charge in [-0.3, -0.25) is 4.79 Å². The van der Waals surface area contributed by atoms with Crippen molar-refractivity contribution in [2.45, 2.75) is 103 Å². The molecule has 1 fully saturated rings. The van der Waals surface area contributed by atoms with Crippen molar-refractivity contribution in [1.29, 1.82) is 0 Å². The zero-order valence-corrected chi connectivity index (χ0v) is 44.7. The number of ether oxygens (including phenoxy) is 2. The van der Waals surface area contributed by atoms with Crippen LogP contribution in [0.4, 0.5) is 0 Å². The SMILES string of the molecule is COc1ccccc1-c1cc(C(C)C)c(-c2cccc(-c3c(C(C)C)cc(-c4ccccc4OC)cc3C(C)C)c2P2C(c3ccccc3Br)CC(=O)CC2c2ccccc2Br)c(C(C)C)c1. The molecule has 67 heavy (non-hydrogen) atoms. The zero-order valence-electron chi connectivity index (χ0n) is 40.6. The topological polar surface area (TPSA) is 35.5 Å². The third-order valence-electron chi connectivity index (χ3n) is 13.6. The third kappa shape index (κ3) is 9.64. The number of carbonyl (C=O) groups is 1. The highest BCUT2D eigenvalue weighted by Gasteiger charge is 2.44. The molecule has 0 radical (unpaired) electrons. The van der Waals surface area contributed by atoms with Crippen LogP contribution < -0.4 is 14.8 Å². The van der Waals surface area contributed by atoms with E-state index in [1.807, 2.05) is 12.1 Å². The predicted octanol–water partition coefficient (Wildman–Crippen LogP) is 18.3. The van der Waals surface area contributed by atoms with Crippen molar-refractivity contribution < 1.29 is 14.3 Å². The summed E-state index contributed by atoms with van der Waals surface area (Å²) >= 11 is 8.09. The molecule has 1 aliphatic heterocycles. The molecule has 0 aromatic heterocycles. The van der Waals surface area contributed by atoms with E-state index < -0.39 is 7.92 Å². The van der Waals surface area contributed by atoms with Gasteiger partial charge < -0.3 is 9.47 Å². The van der Waals surface area contributed by atoms with Crippen molar-refractivity contribution >= 4 is 50.9 Å². The summed E-state index contributed by atoms with van der Waals surface area (Å²) in [6, 6.07) is 50.9. The maximum Gasteiger partial charge on any atom is 0.134 e. The van der Waals surface area contributed by atoms with E-state index in [0.29, 0.717) is 18.6 Å². The number of para-hydroxylation sites is 2. The van der Waals surface area contributed by atoms with Crippen LogP contribution in [0.2, 0.25) is 0 Å². The van der Waals surface area contributed by atoms with Gasteiger partial charge in [-0.1, -0.05) is 210 Å². The normalized spacial score (nSPS) is 16.4. The second-order valence-corrected chi connectivity index (χ2v) is 23.4. The van der Waals surface area contributed by atoms with Crippen molar-refractivity contribution in [3.8, 4) is 56.0 Å². The van der Waals surface area contributed by atoms with Crippen LogP contribution >= 0.6 is 39.8 Å². The molecule has 8 rings (SSSR count). The molecular weight excluding hydrogens is 971 g/mol. The van der Waals surface area contributed by atoms with Crippen LogP contribution in [0, 0.1) is 0 Å². The van der Waals surface area contributed by atoms with Gasteiger partial charge in [0.15, 0.2) is 0 Å². The molecule has 1 heterocycles. The van der Waals surface area contributed by atoms with Crippen LogP contribution in [0.25, 0.3) is 44.5 Å². The first kappa shape index (κ1) is 48.6. The summed E-state index contributed by atoms with van der Waals surface area (Å²) < 4.78 is 14.1. The van der Waals surface area contributed by atoms with E-state index in [1.165, 1.54) is 60.9 Å². The number of carbonyl (C=O) groups excluding carboxylic acids is 1. The van der Waals surface area contributed by atoms with Crippen LogP contribution in [0.15, 0.2) is 148 Å². The van der Waals surface area contributed by atoms with Crippen LogP contribution in [0.5, 0.6) is 11.5 Å². The van der Waals surface area contributed by atoms with Crippen LogP contribution in [-0.2, 0) is 4.79 Å². The molecule has 0 spiro atoms. The Morgan fingerprint density at radius 2 is 0.791 bits per heavy atom. The second kappa shape index (κ2) is 20.8. The molecule has 0 amide bonds. The second-order valence-electron chi connectivity index (χ2n) is 19.2. The molecule has 3 nitrogen and oxygen atoms in total. The van der Waals surface area contributed by atoms with Gasteiger partial charge in [0.1, 0.15) is 17.3 Å². The minimum atomic E-state index is -1.16. The molecule has 0 N–H and O–H groups in total. The van der Waals surface area contributed by atoms with E-state index in [0.717, 1.165) is 42.7 Å². The number of Topliss-reactive ketones (excluding diaryl/α,β-unsaturated/α-hetero) is 1. The van der Waals surface area contributed by atoms with Crippen molar-refractivity contribution in [3.05, 3.63) is 182 Å². The summed E-state index contributed by atoms with van der Waals surface area (Å²) in [5.41, 5.74) is 17.2. The van der Waals surface area contributed by atoms with E-state index in [4.69, 9.17) is 9.47 Å². The zero-order chi connectivity index (χ0) is 47.7. The van der Waals surface area contributed by atoms with Gasteiger partial charge >= 0.3 is 0 Å². The lowest BCUT2D eigenvalue weighted by molar-refractivity contribution is -0.119. The number of ketones is 1. The van der Waals surface area contributed by atoms with Crippen LogP contribution in [0.1, 0.15) is 137 Å². The van der Waals surface area contributed by atoms with Crippen molar-refractivity contribution in [1.82, 2.24) is 0 Å². The molecule has 1 aliphatic rings. The van der Waals surface area contributed by atoms with Crippen molar-refractivity contribution in [3.63, 3.8) is 0 Å². The van der Waals surface area contributed by atoms with Crippen LogP contribution in [-0.4, -0.2) is 20.0 Å². The molecular formula is C61H63Br2O3P. The molecule has 0 aliphatic carbocycles. The average molecular weight is 1030 g/mol. The lowest BCUT2D eigenvalue weighted by Gasteiger charge is -2.42. The summed E-state index contributed by atoms with van der Waals surface area (Å²) in [5.74, 6) is 2.85. The Balaban J connectivity index is 1.57. The van der Waals surface area contributed by atoms with E-state index in [-0.39, 0.29) is 35.0 Å². The quantitative estimate of drug-likeness (QED) is 0.108. The molecule has 0 bridgehead atoms. The monoisotopic (exact) mass is 1030 g/mol. The number of halogens is 2.